The zero-order valence-electron chi connectivity index (χ0n) is 11.3. The number of thioether (sulfide) groups is 1. The van der Waals surface area contributed by atoms with E-state index in [1.807, 2.05) is 11.8 Å². The molecule has 0 fully saturated rings. The van der Waals surface area contributed by atoms with Crippen LogP contribution in [0.25, 0.3) is 0 Å². The second-order valence-corrected chi connectivity index (χ2v) is 7.40. The number of hydrogen-bond acceptors (Lipinski definition) is 3. The molecule has 0 saturated heterocycles. The van der Waals surface area contributed by atoms with Gasteiger partial charge in [-0.05, 0) is 34.7 Å². The molecule has 2 nitrogen and oxygen atoms in total. The van der Waals surface area contributed by atoms with E-state index < -0.39 is 0 Å². The van der Waals surface area contributed by atoms with Crippen LogP contribution in [0.15, 0.2) is 4.47 Å². The third kappa shape index (κ3) is 5.06. The number of rotatable bonds is 6. The molecule has 5 heteroatoms. The molecule has 1 atom stereocenters. The summed E-state index contributed by atoms with van der Waals surface area (Å²) in [5.41, 5.74) is 1.02. The molecule has 1 rings (SSSR count). The van der Waals surface area contributed by atoms with Crippen LogP contribution in [-0.4, -0.2) is 15.2 Å². The van der Waals surface area contributed by atoms with Crippen molar-refractivity contribution in [1.82, 2.24) is 9.97 Å². The lowest BCUT2D eigenvalue weighted by atomic mass is 10.1. The largest absolute Gasteiger partial charge is 0.236 e. The second-order valence-electron chi connectivity index (χ2n) is 4.82. The maximum absolute atomic E-state index is 6.14. The second kappa shape index (κ2) is 7.71. The van der Waals surface area contributed by atoms with Crippen molar-refractivity contribution < 1.29 is 0 Å². The molecule has 0 aromatic carbocycles. The highest BCUT2D eigenvalue weighted by Gasteiger charge is 2.12. The predicted octanol–water partition coefficient (Wildman–Crippen LogP) is 5.12. The Kier molecular flexibility index (Phi) is 6.96. The Labute approximate surface area is 127 Å². The standard InChI is InChI=1S/C13H20BrClN2S/c1-5-9(4)18-7-11-16-10(6-8(2)3)12(14)13(15)17-11/h8-9H,5-7H2,1-4H3. The van der Waals surface area contributed by atoms with Crippen LogP contribution in [0.3, 0.4) is 0 Å². The Morgan fingerprint density at radius 3 is 2.50 bits per heavy atom. The quantitative estimate of drug-likeness (QED) is 0.665. The highest BCUT2D eigenvalue weighted by Crippen LogP contribution is 2.27. The molecule has 18 heavy (non-hydrogen) atoms. The van der Waals surface area contributed by atoms with Crippen molar-refractivity contribution in [3.05, 3.63) is 21.1 Å². The average Bonchev–Trinajstić information content (AvgIpc) is 2.31. The van der Waals surface area contributed by atoms with Crippen LogP contribution in [0.5, 0.6) is 0 Å². The van der Waals surface area contributed by atoms with E-state index in [2.05, 4.69) is 53.6 Å². The van der Waals surface area contributed by atoms with Gasteiger partial charge in [0.25, 0.3) is 0 Å². The lowest BCUT2D eigenvalue weighted by Gasteiger charge is -2.11. The summed E-state index contributed by atoms with van der Waals surface area (Å²) in [5, 5.41) is 1.16. The van der Waals surface area contributed by atoms with Crippen molar-refractivity contribution in [1.29, 1.82) is 0 Å². The van der Waals surface area contributed by atoms with Gasteiger partial charge in [0.15, 0.2) is 0 Å². The highest BCUT2D eigenvalue weighted by molar-refractivity contribution is 9.10. The summed E-state index contributed by atoms with van der Waals surface area (Å²) in [5.74, 6) is 2.22. The fourth-order valence-electron chi connectivity index (χ4n) is 1.43. The SMILES string of the molecule is CCC(C)SCc1nc(Cl)c(Br)c(CC(C)C)n1. The van der Waals surface area contributed by atoms with Crippen molar-refractivity contribution in [2.24, 2.45) is 5.92 Å². The summed E-state index contributed by atoms with van der Waals surface area (Å²) in [6, 6.07) is 0. The molecule has 102 valence electrons. The molecule has 1 unspecified atom stereocenters. The van der Waals surface area contributed by atoms with E-state index in [4.69, 9.17) is 11.6 Å². The Balaban J connectivity index is 2.83. The zero-order valence-corrected chi connectivity index (χ0v) is 14.5. The molecule has 0 radical (unpaired) electrons. The molecule has 1 aromatic rings. The number of halogens is 2. The lowest BCUT2D eigenvalue weighted by molar-refractivity contribution is 0.629. The van der Waals surface area contributed by atoms with Gasteiger partial charge in [0.05, 0.1) is 15.9 Å². The van der Waals surface area contributed by atoms with Gasteiger partial charge in [-0.15, -0.1) is 0 Å². The van der Waals surface area contributed by atoms with Gasteiger partial charge in [-0.1, -0.05) is 39.3 Å². The highest BCUT2D eigenvalue weighted by atomic mass is 79.9. The van der Waals surface area contributed by atoms with Crippen LogP contribution >= 0.6 is 39.3 Å². The Hall–Kier alpha value is 0.200. The summed E-state index contributed by atoms with van der Waals surface area (Å²) < 4.78 is 0.843. The van der Waals surface area contributed by atoms with Crippen molar-refractivity contribution in [2.75, 3.05) is 0 Å². The monoisotopic (exact) mass is 350 g/mol. The van der Waals surface area contributed by atoms with Gasteiger partial charge in [-0.2, -0.15) is 11.8 Å². The summed E-state index contributed by atoms with van der Waals surface area (Å²) in [7, 11) is 0. The molecule has 0 aliphatic heterocycles. The van der Waals surface area contributed by atoms with E-state index in [0.717, 1.165) is 34.6 Å². The summed E-state index contributed by atoms with van der Waals surface area (Å²) in [4.78, 5) is 8.95. The van der Waals surface area contributed by atoms with E-state index >= 15 is 0 Å². The molecule has 0 amide bonds. The van der Waals surface area contributed by atoms with Crippen LogP contribution in [0, 0.1) is 5.92 Å². The first-order chi connectivity index (χ1) is 8.43. The van der Waals surface area contributed by atoms with Crippen LogP contribution in [0.2, 0.25) is 5.15 Å². The Morgan fingerprint density at radius 2 is 1.94 bits per heavy atom. The minimum atomic E-state index is 0.528. The molecule has 1 aromatic heterocycles. The molecule has 0 N–H and O–H groups in total. The first-order valence-corrected chi connectivity index (χ1v) is 8.48. The third-order valence-corrected chi connectivity index (χ3v) is 5.26. The van der Waals surface area contributed by atoms with Crippen molar-refractivity contribution >= 4 is 39.3 Å². The number of nitrogens with zero attached hydrogens (tertiary/aromatic N) is 2. The fraction of sp³-hybridized carbons (Fsp3) is 0.692. The minimum absolute atomic E-state index is 0.528. The smallest absolute Gasteiger partial charge is 0.147 e. The molecular weight excluding hydrogens is 332 g/mol. The maximum Gasteiger partial charge on any atom is 0.147 e. The van der Waals surface area contributed by atoms with Gasteiger partial charge in [0.1, 0.15) is 11.0 Å². The summed E-state index contributed by atoms with van der Waals surface area (Å²) in [6.07, 6.45) is 2.08. The van der Waals surface area contributed by atoms with Gasteiger partial charge in [0, 0.05) is 5.25 Å². The van der Waals surface area contributed by atoms with Crippen LogP contribution in [0.1, 0.15) is 45.6 Å². The molecule has 0 bridgehead atoms. The van der Waals surface area contributed by atoms with Gasteiger partial charge in [-0.3, -0.25) is 0 Å². The van der Waals surface area contributed by atoms with Crippen LogP contribution < -0.4 is 0 Å². The molecular formula is C13H20BrClN2S. The zero-order chi connectivity index (χ0) is 13.7. The first-order valence-electron chi connectivity index (χ1n) is 6.26. The Bertz CT molecular complexity index is 399. The Morgan fingerprint density at radius 1 is 1.28 bits per heavy atom. The van der Waals surface area contributed by atoms with Crippen molar-refractivity contribution in [3.8, 4) is 0 Å². The van der Waals surface area contributed by atoms with Gasteiger partial charge >= 0.3 is 0 Å². The third-order valence-electron chi connectivity index (χ3n) is 2.60. The van der Waals surface area contributed by atoms with E-state index in [1.54, 1.807) is 0 Å². The van der Waals surface area contributed by atoms with Crippen LogP contribution in [-0.2, 0) is 12.2 Å². The molecule has 0 saturated carbocycles. The van der Waals surface area contributed by atoms with Gasteiger partial charge in [-0.25, -0.2) is 9.97 Å². The van der Waals surface area contributed by atoms with E-state index in [0.29, 0.717) is 16.3 Å². The van der Waals surface area contributed by atoms with Crippen LogP contribution in [0.4, 0.5) is 0 Å². The van der Waals surface area contributed by atoms with Crippen molar-refractivity contribution in [3.63, 3.8) is 0 Å². The lowest BCUT2D eigenvalue weighted by Crippen LogP contribution is -2.05. The average molecular weight is 352 g/mol. The van der Waals surface area contributed by atoms with Crippen molar-refractivity contribution in [2.45, 2.75) is 51.5 Å². The molecule has 0 spiro atoms. The van der Waals surface area contributed by atoms with E-state index in [1.165, 1.54) is 0 Å². The molecule has 0 aliphatic rings. The predicted molar refractivity (Wildman–Crippen MR) is 84.3 cm³/mol. The van der Waals surface area contributed by atoms with Gasteiger partial charge in [0.2, 0.25) is 0 Å². The van der Waals surface area contributed by atoms with E-state index in [9.17, 15) is 0 Å². The maximum atomic E-state index is 6.14. The minimum Gasteiger partial charge on any atom is -0.236 e. The first kappa shape index (κ1) is 16.3. The molecule has 0 aliphatic carbocycles. The van der Waals surface area contributed by atoms with E-state index in [-0.39, 0.29) is 0 Å². The number of aromatic nitrogens is 2. The molecule has 1 heterocycles. The number of hydrogen-bond donors (Lipinski definition) is 0. The summed E-state index contributed by atoms with van der Waals surface area (Å²) in [6.45, 7) is 8.77. The normalized spacial score (nSPS) is 13.1. The topological polar surface area (TPSA) is 25.8 Å². The summed E-state index contributed by atoms with van der Waals surface area (Å²) >= 11 is 11.5. The fourth-order valence-corrected chi connectivity index (χ4v) is 2.78. The van der Waals surface area contributed by atoms with Gasteiger partial charge < -0.3 is 0 Å².